The first-order valence-electron chi connectivity index (χ1n) is 1.28. The summed E-state index contributed by atoms with van der Waals surface area (Å²) < 4.78 is 18.0. The molecule has 0 aliphatic carbocycles. The molecule has 0 fully saturated rings. The van der Waals surface area contributed by atoms with Gasteiger partial charge in [0.05, 0.1) is 0 Å². The van der Waals surface area contributed by atoms with Gasteiger partial charge in [0.25, 0.3) is 0 Å². The first-order chi connectivity index (χ1) is 2.00. The van der Waals surface area contributed by atoms with E-state index in [1.165, 1.54) is 11.4 Å². The smallest absolute Gasteiger partial charge is 2.00 e. The molecule has 0 saturated heterocycles. The molecule has 0 bridgehead atoms. The Morgan fingerprint density at radius 3 is 1.50 bits per heavy atom. The number of hydrogen-bond donors (Lipinski definition) is 1. The van der Waals surface area contributed by atoms with Crippen LogP contribution in [0.15, 0.2) is 0 Å². The van der Waals surface area contributed by atoms with E-state index in [0.29, 0.717) is 0 Å². The fourth-order valence-corrected chi connectivity index (χ4v) is 0. The quantitative estimate of drug-likeness (QED) is 0.498. The van der Waals surface area contributed by atoms with E-state index in [2.05, 4.69) is 0 Å². The molecule has 0 atom stereocenters. The average Bonchev–Trinajstić information content (AvgIpc) is 0.722. The van der Waals surface area contributed by atoms with Crippen LogP contribution in [0.25, 0.3) is 0 Å². The van der Waals surface area contributed by atoms with Gasteiger partial charge in [-0.2, -0.15) is 0 Å². The van der Waals surface area contributed by atoms with Crippen LogP contribution >= 0.6 is 0 Å². The van der Waals surface area contributed by atoms with Gasteiger partial charge in [0.15, 0.2) is 0 Å². The predicted octanol–water partition coefficient (Wildman–Crippen LogP) is -0.270. The Kier molecular flexibility index (Phi) is 5.30. The van der Waals surface area contributed by atoms with Crippen molar-refractivity contribution < 1.29 is 7.84 Å². The summed E-state index contributed by atoms with van der Waals surface area (Å²) >= 11 is -3.12. The summed E-state index contributed by atoms with van der Waals surface area (Å²) in [5.74, 6) is 0. The van der Waals surface area contributed by atoms with Gasteiger partial charge in [0.2, 0.25) is 0 Å². The van der Waals surface area contributed by atoms with Gasteiger partial charge in [-0.3, -0.25) is 0 Å². The molecule has 0 heterocycles. The van der Waals surface area contributed by atoms with Crippen molar-refractivity contribution in [3.05, 3.63) is 0 Å². The Labute approximate surface area is 56.1 Å². The van der Waals surface area contributed by atoms with Crippen LogP contribution in [0.1, 0.15) is 0 Å². The first kappa shape index (κ1) is 10.1. The van der Waals surface area contributed by atoms with Gasteiger partial charge in [0.1, 0.15) is 0 Å². The van der Waals surface area contributed by atoms with Crippen molar-refractivity contribution in [2.45, 2.75) is 11.4 Å². The summed E-state index contributed by atoms with van der Waals surface area (Å²) in [6.45, 7) is 0. The van der Waals surface area contributed by atoms with Gasteiger partial charge < -0.3 is 0 Å². The van der Waals surface area contributed by atoms with E-state index >= 15 is 0 Å². The van der Waals surface area contributed by atoms with Crippen molar-refractivity contribution in [2.24, 2.45) is 0 Å². The van der Waals surface area contributed by atoms with Gasteiger partial charge >= 0.3 is 56.1 Å². The minimum Gasteiger partial charge on any atom is 2.00 e. The van der Waals surface area contributed by atoms with Crippen LogP contribution in [0.3, 0.4) is 0 Å². The van der Waals surface area contributed by atoms with Crippen LogP contribution in [-0.4, -0.2) is 41.0 Å². The number of hydrogen-bond acceptors (Lipinski definition) is 1. The monoisotopic (exact) mass is 162 g/mol. The largest absolute Gasteiger partial charge is 2.00 e. The molecule has 0 unspecified atom stereocenters. The molecule has 0 radical (unpaired) electrons. The minimum atomic E-state index is -3.12. The SMILES string of the molecule is C[As](C)(=O)O.[Mg+2]. The third-order valence-corrected chi connectivity index (χ3v) is 0. The van der Waals surface area contributed by atoms with Crippen molar-refractivity contribution in [2.75, 3.05) is 0 Å². The van der Waals surface area contributed by atoms with Crippen LogP contribution in [0.5, 0.6) is 0 Å². The van der Waals surface area contributed by atoms with Crippen molar-refractivity contribution in [1.82, 2.24) is 0 Å². The molecule has 0 aliphatic rings. The van der Waals surface area contributed by atoms with Gasteiger partial charge in [-0.05, 0) is 0 Å². The zero-order chi connectivity index (χ0) is 4.50. The van der Waals surface area contributed by atoms with E-state index in [1.807, 2.05) is 0 Å². The number of rotatable bonds is 0. The summed E-state index contributed by atoms with van der Waals surface area (Å²) in [6, 6.07) is 0. The molecule has 4 heteroatoms. The molecule has 0 saturated carbocycles. The van der Waals surface area contributed by atoms with Crippen molar-refractivity contribution >= 4 is 36.9 Å². The maximum atomic E-state index is 9.83. The molecular weight excluding hydrogens is 155 g/mol. The van der Waals surface area contributed by atoms with E-state index in [0.717, 1.165) is 0 Å². The molecule has 32 valence electrons. The standard InChI is InChI=1S/C2H7AsO2.Mg/c1-3(2,4)5;/h1-2H3,(H,4,5);/q;+2. The second kappa shape index (κ2) is 3.13. The Hall–Kier alpha value is 1.08. The van der Waals surface area contributed by atoms with Crippen molar-refractivity contribution in [1.29, 1.82) is 0 Å². The molecule has 0 aromatic rings. The average molecular weight is 162 g/mol. The molecule has 0 aromatic carbocycles. The maximum absolute atomic E-state index is 9.83. The van der Waals surface area contributed by atoms with Gasteiger partial charge in [-0.15, -0.1) is 0 Å². The third kappa shape index (κ3) is 72.1. The Morgan fingerprint density at radius 1 is 1.50 bits per heavy atom. The Bertz CT molecular complexity index is 57.7. The van der Waals surface area contributed by atoms with Crippen molar-refractivity contribution in [3.8, 4) is 0 Å². The Morgan fingerprint density at radius 2 is 1.50 bits per heavy atom. The molecule has 2 nitrogen and oxygen atoms in total. The molecule has 0 aliphatic heterocycles. The summed E-state index contributed by atoms with van der Waals surface area (Å²) in [5.41, 5.74) is 2.72. The summed E-state index contributed by atoms with van der Waals surface area (Å²) in [4.78, 5) is 0. The van der Waals surface area contributed by atoms with E-state index in [-0.39, 0.29) is 23.1 Å². The summed E-state index contributed by atoms with van der Waals surface area (Å²) in [6.07, 6.45) is 0. The molecule has 1 N–H and O–H groups in total. The van der Waals surface area contributed by atoms with E-state index in [9.17, 15) is 3.74 Å². The molecule has 0 spiro atoms. The van der Waals surface area contributed by atoms with Crippen LogP contribution in [0.4, 0.5) is 0 Å². The normalized spacial score (nSPS) is 9.83. The second-order valence-corrected chi connectivity index (χ2v) is 6.72. The van der Waals surface area contributed by atoms with Crippen LogP contribution in [0.2, 0.25) is 11.4 Å². The van der Waals surface area contributed by atoms with Crippen LogP contribution in [-0.2, 0) is 3.74 Å². The minimum absolute atomic E-state index is 0. The molecule has 0 amide bonds. The fourth-order valence-electron chi connectivity index (χ4n) is 0. The molecule has 6 heavy (non-hydrogen) atoms. The van der Waals surface area contributed by atoms with E-state index in [1.54, 1.807) is 0 Å². The topological polar surface area (TPSA) is 37.3 Å². The third-order valence-electron chi connectivity index (χ3n) is 0. The second-order valence-electron chi connectivity index (χ2n) is 1.29. The first-order valence-corrected chi connectivity index (χ1v) is 6.64. The van der Waals surface area contributed by atoms with Gasteiger partial charge in [0, 0.05) is 0 Å². The molecule has 0 rings (SSSR count). The molecule has 0 aromatic heterocycles. The van der Waals surface area contributed by atoms with Crippen LogP contribution in [0, 0.1) is 0 Å². The van der Waals surface area contributed by atoms with Gasteiger partial charge in [-0.25, -0.2) is 0 Å². The van der Waals surface area contributed by atoms with Gasteiger partial charge in [-0.1, -0.05) is 0 Å². The zero-order valence-corrected chi connectivity index (χ0v) is 7.30. The van der Waals surface area contributed by atoms with E-state index < -0.39 is 13.8 Å². The zero-order valence-electron chi connectivity index (χ0n) is 4.01. The molecular formula is C2H7AsMgO2+2. The fraction of sp³-hybridized carbons (Fsp3) is 1.00. The predicted molar refractivity (Wildman–Crippen MR) is 26.1 cm³/mol. The summed E-state index contributed by atoms with van der Waals surface area (Å²) in [5, 5.41) is 0. The maximum Gasteiger partial charge on any atom is 2.00 e. The van der Waals surface area contributed by atoms with E-state index in [4.69, 9.17) is 4.10 Å². The summed E-state index contributed by atoms with van der Waals surface area (Å²) in [7, 11) is 0. The van der Waals surface area contributed by atoms with Crippen molar-refractivity contribution in [3.63, 3.8) is 0 Å². The Balaban J connectivity index is 0. The van der Waals surface area contributed by atoms with Crippen LogP contribution < -0.4 is 0 Å².